The first-order valence-corrected chi connectivity index (χ1v) is 4.92. The van der Waals surface area contributed by atoms with Crippen LogP contribution in [0.25, 0.3) is 0 Å². The lowest BCUT2D eigenvalue weighted by atomic mass is 10.2. The Morgan fingerprint density at radius 2 is 2.14 bits per heavy atom. The van der Waals surface area contributed by atoms with Crippen molar-refractivity contribution in [3.8, 4) is 0 Å². The van der Waals surface area contributed by atoms with Crippen molar-refractivity contribution in [1.82, 2.24) is 0 Å². The summed E-state index contributed by atoms with van der Waals surface area (Å²) in [5, 5.41) is 3.29. The van der Waals surface area contributed by atoms with E-state index in [0.29, 0.717) is 6.61 Å². The molecule has 0 bridgehead atoms. The number of benzene rings is 1. The maximum atomic E-state index is 5.79. The molecule has 0 aliphatic heterocycles. The molecule has 0 radical (unpaired) electrons. The van der Waals surface area contributed by atoms with Gasteiger partial charge in [0.05, 0.1) is 18.0 Å². The quantitative estimate of drug-likeness (QED) is 0.706. The molecule has 0 fully saturated rings. The first-order chi connectivity index (χ1) is 6.74. The fourth-order valence-corrected chi connectivity index (χ4v) is 1.23. The van der Waals surface area contributed by atoms with Crippen LogP contribution in [0.15, 0.2) is 24.3 Å². The summed E-state index contributed by atoms with van der Waals surface area (Å²) >= 11 is 0. The van der Waals surface area contributed by atoms with Gasteiger partial charge in [-0.1, -0.05) is 12.1 Å². The van der Waals surface area contributed by atoms with Gasteiger partial charge in [0.2, 0.25) is 0 Å². The van der Waals surface area contributed by atoms with Crippen molar-refractivity contribution in [3.63, 3.8) is 0 Å². The number of anilines is 2. The highest BCUT2D eigenvalue weighted by atomic mass is 16.5. The largest absolute Gasteiger partial charge is 0.397 e. The highest BCUT2D eigenvalue weighted by molar-refractivity contribution is 5.65. The zero-order chi connectivity index (χ0) is 10.4. The Labute approximate surface area is 85.3 Å². The van der Waals surface area contributed by atoms with E-state index < -0.39 is 0 Å². The highest BCUT2D eigenvalue weighted by Crippen LogP contribution is 2.17. The van der Waals surface area contributed by atoms with Gasteiger partial charge >= 0.3 is 0 Å². The molecule has 0 spiro atoms. The average molecular weight is 194 g/mol. The molecule has 1 unspecified atom stereocenters. The van der Waals surface area contributed by atoms with Crippen molar-refractivity contribution in [1.29, 1.82) is 0 Å². The predicted molar refractivity (Wildman–Crippen MR) is 60.4 cm³/mol. The number of hydrogen-bond acceptors (Lipinski definition) is 3. The van der Waals surface area contributed by atoms with E-state index in [4.69, 9.17) is 10.5 Å². The normalized spacial score (nSPS) is 12.4. The molecule has 3 heteroatoms. The van der Waals surface area contributed by atoms with E-state index in [1.807, 2.05) is 31.2 Å². The van der Waals surface area contributed by atoms with Crippen LogP contribution in [0, 0.1) is 0 Å². The van der Waals surface area contributed by atoms with E-state index in [9.17, 15) is 0 Å². The highest BCUT2D eigenvalue weighted by Gasteiger charge is 2.03. The Bertz CT molecular complexity index is 276. The molecule has 1 aromatic rings. The van der Waals surface area contributed by atoms with Crippen LogP contribution in [0.1, 0.15) is 13.8 Å². The summed E-state index contributed by atoms with van der Waals surface area (Å²) in [6, 6.07) is 8.02. The lowest BCUT2D eigenvalue weighted by molar-refractivity contribution is 0.141. The first-order valence-electron chi connectivity index (χ1n) is 4.92. The summed E-state index contributed by atoms with van der Waals surface area (Å²) in [6.45, 7) is 5.51. The molecule has 1 rings (SSSR count). The molecule has 3 N–H and O–H groups in total. The minimum atomic E-state index is 0.277. The van der Waals surface area contributed by atoms with E-state index in [1.165, 1.54) is 0 Å². The molecular weight excluding hydrogens is 176 g/mol. The second-order valence-corrected chi connectivity index (χ2v) is 3.29. The third-order valence-corrected chi connectivity index (χ3v) is 1.93. The van der Waals surface area contributed by atoms with Crippen molar-refractivity contribution < 1.29 is 4.74 Å². The topological polar surface area (TPSA) is 47.3 Å². The summed E-state index contributed by atoms with van der Waals surface area (Å²) in [5.74, 6) is 0. The SMILES string of the molecule is CCOCC(C)Nc1ccccc1N. The van der Waals surface area contributed by atoms with E-state index in [1.54, 1.807) is 0 Å². The third kappa shape index (κ3) is 3.26. The maximum Gasteiger partial charge on any atom is 0.0664 e. The van der Waals surface area contributed by atoms with E-state index in [2.05, 4.69) is 12.2 Å². The lowest BCUT2D eigenvalue weighted by Crippen LogP contribution is -2.22. The summed E-state index contributed by atoms with van der Waals surface area (Å²) in [5.41, 5.74) is 7.54. The third-order valence-electron chi connectivity index (χ3n) is 1.93. The number of para-hydroxylation sites is 2. The van der Waals surface area contributed by atoms with Crippen LogP contribution in [0.3, 0.4) is 0 Å². The molecule has 0 aromatic heterocycles. The smallest absolute Gasteiger partial charge is 0.0664 e. The summed E-state index contributed by atoms with van der Waals surface area (Å²) in [7, 11) is 0. The number of hydrogen-bond donors (Lipinski definition) is 2. The van der Waals surface area contributed by atoms with Crippen molar-refractivity contribution in [2.45, 2.75) is 19.9 Å². The number of nitrogen functional groups attached to an aromatic ring is 1. The molecular formula is C11H18N2O. The molecule has 0 aliphatic carbocycles. The molecule has 1 atom stereocenters. The zero-order valence-corrected chi connectivity index (χ0v) is 8.79. The van der Waals surface area contributed by atoms with Crippen LogP contribution in [-0.2, 0) is 4.74 Å². The van der Waals surface area contributed by atoms with Gasteiger partial charge in [0, 0.05) is 12.6 Å². The van der Waals surface area contributed by atoms with Crippen LogP contribution in [0.5, 0.6) is 0 Å². The van der Waals surface area contributed by atoms with Gasteiger partial charge in [-0.05, 0) is 26.0 Å². The van der Waals surface area contributed by atoms with Crippen LogP contribution in [-0.4, -0.2) is 19.3 Å². The fourth-order valence-electron chi connectivity index (χ4n) is 1.23. The maximum absolute atomic E-state index is 5.79. The Morgan fingerprint density at radius 3 is 2.79 bits per heavy atom. The van der Waals surface area contributed by atoms with Crippen LogP contribution in [0.4, 0.5) is 11.4 Å². The Morgan fingerprint density at radius 1 is 1.43 bits per heavy atom. The van der Waals surface area contributed by atoms with E-state index in [-0.39, 0.29) is 6.04 Å². The molecule has 0 saturated heterocycles. The number of rotatable bonds is 5. The fraction of sp³-hybridized carbons (Fsp3) is 0.455. The summed E-state index contributed by atoms with van der Waals surface area (Å²) in [4.78, 5) is 0. The van der Waals surface area contributed by atoms with Gasteiger partial charge in [0.25, 0.3) is 0 Å². The van der Waals surface area contributed by atoms with Crippen molar-refractivity contribution in [3.05, 3.63) is 24.3 Å². The monoisotopic (exact) mass is 194 g/mol. The number of nitrogens with one attached hydrogen (secondary N) is 1. The minimum Gasteiger partial charge on any atom is -0.397 e. The van der Waals surface area contributed by atoms with Gasteiger partial charge in [0.1, 0.15) is 0 Å². The van der Waals surface area contributed by atoms with Gasteiger partial charge in [0.15, 0.2) is 0 Å². The average Bonchev–Trinajstić information content (AvgIpc) is 2.18. The Balaban J connectivity index is 2.47. The van der Waals surface area contributed by atoms with Gasteiger partial charge in [-0.25, -0.2) is 0 Å². The van der Waals surface area contributed by atoms with Gasteiger partial charge in [-0.15, -0.1) is 0 Å². The van der Waals surface area contributed by atoms with Crippen molar-refractivity contribution in [2.75, 3.05) is 24.3 Å². The van der Waals surface area contributed by atoms with Gasteiger partial charge in [-0.3, -0.25) is 0 Å². The number of nitrogens with two attached hydrogens (primary N) is 1. The van der Waals surface area contributed by atoms with Gasteiger partial charge < -0.3 is 15.8 Å². The molecule has 0 aliphatic rings. The second-order valence-electron chi connectivity index (χ2n) is 3.29. The Hall–Kier alpha value is -1.22. The van der Waals surface area contributed by atoms with E-state index in [0.717, 1.165) is 18.0 Å². The van der Waals surface area contributed by atoms with Crippen molar-refractivity contribution in [2.24, 2.45) is 0 Å². The predicted octanol–water partition coefficient (Wildman–Crippen LogP) is 2.11. The number of ether oxygens (including phenoxy) is 1. The molecule has 3 nitrogen and oxygen atoms in total. The Kier molecular flexibility index (Phi) is 4.26. The van der Waals surface area contributed by atoms with Crippen LogP contribution < -0.4 is 11.1 Å². The minimum absolute atomic E-state index is 0.277. The van der Waals surface area contributed by atoms with Crippen LogP contribution >= 0.6 is 0 Å². The molecule has 0 saturated carbocycles. The van der Waals surface area contributed by atoms with Crippen LogP contribution in [0.2, 0.25) is 0 Å². The standard InChI is InChI=1S/C11H18N2O/c1-3-14-8-9(2)13-11-7-5-4-6-10(11)12/h4-7,9,13H,3,8,12H2,1-2H3. The molecule has 0 amide bonds. The zero-order valence-electron chi connectivity index (χ0n) is 8.79. The lowest BCUT2D eigenvalue weighted by Gasteiger charge is -2.16. The molecule has 14 heavy (non-hydrogen) atoms. The van der Waals surface area contributed by atoms with Gasteiger partial charge in [-0.2, -0.15) is 0 Å². The molecule has 1 aromatic carbocycles. The summed E-state index contributed by atoms with van der Waals surface area (Å²) < 4.78 is 5.30. The molecule has 78 valence electrons. The van der Waals surface area contributed by atoms with E-state index >= 15 is 0 Å². The molecule has 0 heterocycles. The second kappa shape index (κ2) is 5.50. The first kappa shape index (κ1) is 10.9. The van der Waals surface area contributed by atoms with Crippen molar-refractivity contribution >= 4 is 11.4 Å². The summed E-state index contributed by atoms with van der Waals surface area (Å²) in [6.07, 6.45) is 0.